The summed E-state index contributed by atoms with van der Waals surface area (Å²) in [5.41, 5.74) is -0.0868. The van der Waals surface area contributed by atoms with Gasteiger partial charge in [-0.25, -0.2) is 18.7 Å². The zero-order valence-electron chi connectivity index (χ0n) is 17.0. The minimum absolute atomic E-state index is 0.0646. The van der Waals surface area contributed by atoms with Crippen molar-refractivity contribution in [2.45, 2.75) is 20.0 Å². The molecule has 0 saturated carbocycles. The summed E-state index contributed by atoms with van der Waals surface area (Å²) in [6, 6.07) is 12.0. The molecule has 32 heavy (non-hydrogen) atoms. The Kier molecular flexibility index (Phi) is 5.91. The quantitative estimate of drug-likeness (QED) is 0.416. The van der Waals surface area contributed by atoms with Crippen LogP contribution in [0, 0.1) is 5.82 Å². The molecule has 10 heteroatoms. The SMILES string of the molecule is CCOC(=O)Cn1cnc2c1c(=O)n(Cc1ccc(F)cc1)c(=O)n2-c1ccc(Cl)cc1. The van der Waals surface area contributed by atoms with E-state index in [9.17, 15) is 18.8 Å². The van der Waals surface area contributed by atoms with E-state index in [2.05, 4.69) is 4.98 Å². The van der Waals surface area contributed by atoms with Gasteiger partial charge in [0.1, 0.15) is 12.4 Å². The van der Waals surface area contributed by atoms with Crippen LogP contribution in [0.3, 0.4) is 0 Å². The molecule has 4 rings (SSSR count). The Morgan fingerprint density at radius 1 is 1.09 bits per heavy atom. The highest BCUT2D eigenvalue weighted by Gasteiger charge is 2.20. The maximum atomic E-state index is 13.4. The van der Waals surface area contributed by atoms with Crippen LogP contribution in [0.25, 0.3) is 16.9 Å². The fourth-order valence-electron chi connectivity index (χ4n) is 3.38. The molecule has 164 valence electrons. The van der Waals surface area contributed by atoms with Gasteiger partial charge in [0.05, 0.1) is 25.2 Å². The summed E-state index contributed by atoms with van der Waals surface area (Å²) in [6.45, 7) is 1.54. The van der Waals surface area contributed by atoms with E-state index in [-0.39, 0.29) is 30.9 Å². The largest absolute Gasteiger partial charge is 0.465 e. The second-order valence-electron chi connectivity index (χ2n) is 6.96. The molecule has 0 radical (unpaired) electrons. The Hall–Kier alpha value is -3.72. The van der Waals surface area contributed by atoms with Gasteiger partial charge in [-0.05, 0) is 48.9 Å². The van der Waals surface area contributed by atoms with Crippen LogP contribution in [0.5, 0.6) is 0 Å². The van der Waals surface area contributed by atoms with Crippen molar-refractivity contribution in [3.05, 3.63) is 92.1 Å². The standard InChI is InChI=1S/C22H18ClFN4O4/c1-2-32-18(29)12-26-13-25-20-19(26)21(30)27(11-14-3-7-16(24)8-4-14)22(31)28(20)17-9-5-15(23)6-10-17/h3-10,13H,2,11-12H2,1H3. The highest BCUT2D eigenvalue weighted by Crippen LogP contribution is 2.16. The first-order chi connectivity index (χ1) is 15.4. The first-order valence-electron chi connectivity index (χ1n) is 9.75. The molecule has 0 atom stereocenters. The number of esters is 1. The van der Waals surface area contributed by atoms with Crippen LogP contribution in [-0.4, -0.2) is 31.3 Å². The van der Waals surface area contributed by atoms with Crippen molar-refractivity contribution in [3.63, 3.8) is 0 Å². The zero-order chi connectivity index (χ0) is 22.8. The molecule has 0 N–H and O–H groups in total. The Morgan fingerprint density at radius 3 is 2.44 bits per heavy atom. The monoisotopic (exact) mass is 456 g/mol. The molecule has 0 amide bonds. The molecular formula is C22H18ClFN4O4. The number of halogens is 2. The van der Waals surface area contributed by atoms with Gasteiger partial charge < -0.3 is 9.30 Å². The molecule has 0 aliphatic carbocycles. The van der Waals surface area contributed by atoms with Crippen LogP contribution < -0.4 is 11.2 Å². The van der Waals surface area contributed by atoms with E-state index in [0.717, 1.165) is 4.57 Å². The number of hydrogen-bond acceptors (Lipinski definition) is 5. The Labute approximate surface area is 186 Å². The van der Waals surface area contributed by atoms with Crippen molar-refractivity contribution in [2.75, 3.05) is 6.61 Å². The fourth-order valence-corrected chi connectivity index (χ4v) is 3.51. The first kappa shape index (κ1) is 21.5. The van der Waals surface area contributed by atoms with E-state index < -0.39 is 23.0 Å². The molecule has 0 fully saturated rings. The number of fused-ring (bicyclic) bond motifs is 1. The van der Waals surface area contributed by atoms with Gasteiger partial charge in [0.2, 0.25) is 0 Å². The summed E-state index contributed by atoms with van der Waals surface area (Å²) >= 11 is 5.98. The first-order valence-corrected chi connectivity index (χ1v) is 10.1. The highest BCUT2D eigenvalue weighted by atomic mass is 35.5. The van der Waals surface area contributed by atoms with Crippen molar-refractivity contribution in [3.8, 4) is 5.69 Å². The normalized spacial score (nSPS) is 11.1. The zero-order valence-corrected chi connectivity index (χ0v) is 17.8. The molecule has 0 aliphatic heterocycles. The van der Waals surface area contributed by atoms with Crippen LogP contribution in [0.4, 0.5) is 4.39 Å². The van der Waals surface area contributed by atoms with E-state index in [1.54, 1.807) is 31.2 Å². The number of rotatable bonds is 6. The van der Waals surface area contributed by atoms with E-state index >= 15 is 0 Å². The molecule has 8 nitrogen and oxygen atoms in total. The number of benzene rings is 2. The van der Waals surface area contributed by atoms with Crippen LogP contribution >= 0.6 is 11.6 Å². The van der Waals surface area contributed by atoms with Gasteiger partial charge in [-0.1, -0.05) is 23.7 Å². The van der Waals surface area contributed by atoms with Gasteiger partial charge in [-0.2, -0.15) is 0 Å². The highest BCUT2D eigenvalue weighted by molar-refractivity contribution is 6.30. The Balaban J connectivity index is 1.96. The molecule has 0 spiro atoms. The van der Waals surface area contributed by atoms with Crippen molar-refractivity contribution in [2.24, 2.45) is 0 Å². The fraction of sp³-hybridized carbons (Fsp3) is 0.182. The topological polar surface area (TPSA) is 88.1 Å². The molecule has 2 aromatic carbocycles. The Morgan fingerprint density at radius 2 is 1.78 bits per heavy atom. The summed E-state index contributed by atoms with van der Waals surface area (Å²) in [7, 11) is 0. The van der Waals surface area contributed by atoms with Crippen LogP contribution in [-0.2, 0) is 22.6 Å². The van der Waals surface area contributed by atoms with Gasteiger partial charge in [0, 0.05) is 5.02 Å². The number of ether oxygens (including phenoxy) is 1. The summed E-state index contributed by atoms with van der Waals surface area (Å²) in [5, 5.41) is 0.477. The third-order valence-electron chi connectivity index (χ3n) is 4.84. The minimum Gasteiger partial charge on any atom is -0.465 e. The van der Waals surface area contributed by atoms with E-state index in [4.69, 9.17) is 16.3 Å². The summed E-state index contributed by atoms with van der Waals surface area (Å²) in [6.07, 6.45) is 1.32. The molecular weight excluding hydrogens is 439 g/mol. The average Bonchev–Trinajstić information content (AvgIpc) is 3.17. The summed E-state index contributed by atoms with van der Waals surface area (Å²) in [5.74, 6) is -0.969. The molecule has 2 aromatic heterocycles. The van der Waals surface area contributed by atoms with Gasteiger partial charge in [0.25, 0.3) is 5.56 Å². The summed E-state index contributed by atoms with van der Waals surface area (Å²) in [4.78, 5) is 43.0. The predicted molar refractivity (Wildman–Crippen MR) is 117 cm³/mol. The Bertz CT molecular complexity index is 1410. The molecule has 0 bridgehead atoms. The number of hydrogen-bond donors (Lipinski definition) is 0. The average molecular weight is 457 g/mol. The lowest BCUT2D eigenvalue weighted by atomic mass is 10.2. The number of carbonyl (C=O) groups is 1. The van der Waals surface area contributed by atoms with Crippen LogP contribution in [0.15, 0.2) is 64.4 Å². The molecule has 0 unspecified atom stereocenters. The van der Waals surface area contributed by atoms with Crippen LogP contribution in [0.1, 0.15) is 12.5 Å². The lowest BCUT2D eigenvalue weighted by Gasteiger charge is -2.13. The second kappa shape index (κ2) is 8.80. The molecule has 2 heterocycles. The number of carbonyl (C=O) groups excluding carboxylic acids is 1. The van der Waals surface area contributed by atoms with Gasteiger partial charge in [-0.15, -0.1) is 0 Å². The van der Waals surface area contributed by atoms with Crippen LogP contribution in [0.2, 0.25) is 5.02 Å². The van der Waals surface area contributed by atoms with Gasteiger partial charge in [0.15, 0.2) is 11.2 Å². The third kappa shape index (κ3) is 4.06. The maximum absolute atomic E-state index is 13.4. The van der Waals surface area contributed by atoms with Crippen molar-refractivity contribution < 1.29 is 13.9 Å². The number of nitrogens with zero attached hydrogens (tertiary/aromatic N) is 4. The van der Waals surface area contributed by atoms with Gasteiger partial charge in [-0.3, -0.25) is 14.2 Å². The van der Waals surface area contributed by atoms with Gasteiger partial charge >= 0.3 is 11.7 Å². The maximum Gasteiger partial charge on any atom is 0.337 e. The second-order valence-corrected chi connectivity index (χ2v) is 7.40. The van der Waals surface area contributed by atoms with E-state index in [1.165, 1.54) is 39.7 Å². The number of aromatic nitrogens is 4. The minimum atomic E-state index is -0.629. The predicted octanol–water partition coefficient (Wildman–Crippen LogP) is 2.75. The molecule has 0 saturated heterocycles. The number of imidazole rings is 1. The van der Waals surface area contributed by atoms with Crippen molar-refractivity contribution in [1.29, 1.82) is 0 Å². The molecule has 4 aromatic rings. The smallest absolute Gasteiger partial charge is 0.337 e. The van der Waals surface area contributed by atoms with Crippen molar-refractivity contribution in [1.82, 2.24) is 18.7 Å². The molecule has 0 aliphatic rings. The lowest BCUT2D eigenvalue weighted by Crippen LogP contribution is -2.40. The van der Waals surface area contributed by atoms with E-state index in [1.807, 2.05) is 0 Å². The lowest BCUT2D eigenvalue weighted by molar-refractivity contribution is -0.143. The van der Waals surface area contributed by atoms with E-state index in [0.29, 0.717) is 16.3 Å². The third-order valence-corrected chi connectivity index (χ3v) is 5.10. The summed E-state index contributed by atoms with van der Waals surface area (Å²) < 4.78 is 21.9. The van der Waals surface area contributed by atoms with Crippen molar-refractivity contribution >= 4 is 28.7 Å².